The molecule has 0 amide bonds. The fourth-order valence-corrected chi connectivity index (χ4v) is 2.58. The molecule has 1 saturated heterocycles. The summed E-state index contributed by atoms with van der Waals surface area (Å²) in [6.45, 7) is 10.5. The van der Waals surface area contributed by atoms with Gasteiger partial charge in [-0.25, -0.2) is 4.39 Å². The largest absolute Gasteiger partial charge is 0.517 e. The van der Waals surface area contributed by atoms with E-state index in [0.29, 0.717) is 17.7 Å². The monoisotopic (exact) mass is 290 g/mol. The van der Waals surface area contributed by atoms with Crippen molar-refractivity contribution in [2.24, 2.45) is 0 Å². The van der Waals surface area contributed by atoms with Crippen LogP contribution < -0.4 is 5.59 Å². The van der Waals surface area contributed by atoms with Crippen LogP contribution in [0.1, 0.15) is 34.6 Å². The fraction of sp³-hybridized carbons (Fsp3) is 0.533. The Labute approximate surface area is 124 Å². The van der Waals surface area contributed by atoms with Crippen molar-refractivity contribution in [1.82, 2.24) is 9.78 Å². The van der Waals surface area contributed by atoms with Crippen LogP contribution >= 0.6 is 0 Å². The minimum absolute atomic E-state index is 0.274. The van der Waals surface area contributed by atoms with Gasteiger partial charge >= 0.3 is 7.12 Å². The average molecular weight is 290 g/mol. The number of halogens is 1. The molecule has 0 aliphatic carbocycles. The van der Waals surface area contributed by atoms with Crippen LogP contribution in [-0.4, -0.2) is 28.1 Å². The number of aromatic nitrogens is 2. The number of aryl methyl sites for hydroxylation is 1. The van der Waals surface area contributed by atoms with E-state index in [1.807, 2.05) is 40.7 Å². The van der Waals surface area contributed by atoms with Crippen molar-refractivity contribution >= 4 is 23.6 Å². The highest BCUT2D eigenvalue weighted by Gasteiger charge is 2.53. The Morgan fingerprint density at radius 2 is 1.81 bits per heavy atom. The molecule has 0 radical (unpaired) electrons. The van der Waals surface area contributed by atoms with Gasteiger partial charge in [0.05, 0.1) is 11.2 Å². The lowest BCUT2D eigenvalue weighted by Gasteiger charge is -2.32. The molecule has 2 aromatic rings. The van der Waals surface area contributed by atoms with Gasteiger partial charge in [-0.15, -0.1) is 0 Å². The second-order valence-electron chi connectivity index (χ2n) is 6.43. The van der Waals surface area contributed by atoms with Crippen LogP contribution in [0.2, 0.25) is 0 Å². The van der Waals surface area contributed by atoms with Crippen molar-refractivity contribution in [1.29, 1.82) is 0 Å². The lowest BCUT2D eigenvalue weighted by atomic mass is 9.82. The number of rotatable bonds is 2. The topological polar surface area (TPSA) is 36.3 Å². The highest BCUT2D eigenvalue weighted by molar-refractivity contribution is 6.64. The van der Waals surface area contributed by atoms with Crippen LogP contribution in [0.25, 0.3) is 10.9 Å². The molecule has 0 spiro atoms. The maximum atomic E-state index is 14.1. The van der Waals surface area contributed by atoms with Crippen LogP contribution in [0.15, 0.2) is 18.2 Å². The van der Waals surface area contributed by atoms with Crippen molar-refractivity contribution in [3.63, 3.8) is 0 Å². The fourth-order valence-electron chi connectivity index (χ4n) is 2.58. The van der Waals surface area contributed by atoms with Crippen molar-refractivity contribution in [2.75, 3.05) is 0 Å². The molecular formula is C15H20BFN2O2. The van der Waals surface area contributed by atoms with Crippen LogP contribution in [-0.2, 0) is 15.9 Å². The summed E-state index contributed by atoms with van der Waals surface area (Å²) in [5.41, 5.74) is 0.273. The van der Waals surface area contributed by atoms with Crippen molar-refractivity contribution in [2.45, 2.75) is 52.4 Å². The highest BCUT2D eigenvalue weighted by atomic mass is 19.1. The van der Waals surface area contributed by atoms with Crippen molar-refractivity contribution in [3.05, 3.63) is 24.0 Å². The molecule has 2 heterocycles. The predicted octanol–water partition coefficient (Wildman–Crippen LogP) is 2.49. The van der Waals surface area contributed by atoms with Gasteiger partial charge in [0.1, 0.15) is 16.9 Å². The van der Waals surface area contributed by atoms with E-state index in [1.165, 1.54) is 6.07 Å². The number of hydrogen-bond acceptors (Lipinski definition) is 3. The Bertz CT molecular complexity index is 680. The first-order chi connectivity index (χ1) is 9.77. The smallest absolute Gasteiger partial charge is 0.398 e. The van der Waals surface area contributed by atoms with E-state index in [0.717, 1.165) is 5.39 Å². The Morgan fingerprint density at radius 1 is 1.19 bits per heavy atom. The van der Waals surface area contributed by atoms with Crippen LogP contribution in [0.4, 0.5) is 4.39 Å². The van der Waals surface area contributed by atoms with Crippen molar-refractivity contribution < 1.29 is 13.7 Å². The van der Waals surface area contributed by atoms with E-state index in [4.69, 9.17) is 9.31 Å². The van der Waals surface area contributed by atoms with Crippen LogP contribution in [0.5, 0.6) is 0 Å². The maximum absolute atomic E-state index is 14.1. The van der Waals surface area contributed by atoms with Gasteiger partial charge in [-0.1, -0.05) is 12.1 Å². The molecular weight excluding hydrogens is 270 g/mol. The normalized spacial score (nSPS) is 20.4. The zero-order valence-corrected chi connectivity index (χ0v) is 13.1. The van der Waals surface area contributed by atoms with Crippen molar-refractivity contribution in [3.8, 4) is 0 Å². The molecule has 1 aromatic heterocycles. The first kappa shape index (κ1) is 14.5. The summed E-state index contributed by atoms with van der Waals surface area (Å²) in [7, 11) is -0.577. The summed E-state index contributed by atoms with van der Waals surface area (Å²) in [5.74, 6) is -0.274. The SMILES string of the molecule is CCn1nc(B2OC(C)(C)C(C)(C)O2)c2cccc(F)c21. The lowest BCUT2D eigenvalue weighted by Crippen LogP contribution is -2.41. The minimum Gasteiger partial charge on any atom is -0.398 e. The number of fused-ring (bicyclic) bond motifs is 1. The first-order valence-corrected chi connectivity index (χ1v) is 7.27. The summed E-state index contributed by atoms with van der Waals surface area (Å²) in [4.78, 5) is 0. The second-order valence-corrected chi connectivity index (χ2v) is 6.43. The maximum Gasteiger partial charge on any atom is 0.517 e. The molecule has 0 bridgehead atoms. The summed E-state index contributed by atoms with van der Waals surface area (Å²) in [6, 6.07) is 5.00. The van der Waals surface area contributed by atoms with Crippen LogP contribution in [0.3, 0.4) is 0 Å². The van der Waals surface area contributed by atoms with E-state index < -0.39 is 18.3 Å². The third-order valence-corrected chi connectivity index (χ3v) is 4.53. The molecule has 21 heavy (non-hydrogen) atoms. The first-order valence-electron chi connectivity index (χ1n) is 7.27. The van der Waals surface area contributed by atoms with E-state index in [-0.39, 0.29) is 5.82 Å². The Balaban J connectivity index is 2.13. The molecule has 1 aromatic carbocycles. The Morgan fingerprint density at radius 3 is 2.38 bits per heavy atom. The van der Waals surface area contributed by atoms with E-state index in [2.05, 4.69) is 5.10 Å². The number of nitrogens with zero attached hydrogens (tertiary/aromatic N) is 2. The van der Waals surface area contributed by atoms with Gasteiger partial charge in [0.2, 0.25) is 0 Å². The zero-order valence-electron chi connectivity index (χ0n) is 13.1. The van der Waals surface area contributed by atoms with E-state index in [1.54, 1.807) is 10.7 Å². The number of hydrogen-bond donors (Lipinski definition) is 0. The van der Waals surface area contributed by atoms with Crippen LogP contribution in [0, 0.1) is 5.82 Å². The molecule has 3 rings (SSSR count). The quantitative estimate of drug-likeness (QED) is 0.797. The van der Waals surface area contributed by atoms with Gasteiger partial charge in [-0.2, -0.15) is 5.10 Å². The lowest BCUT2D eigenvalue weighted by molar-refractivity contribution is 0.00578. The molecule has 1 aliphatic rings. The summed E-state index contributed by atoms with van der Waals surface area (Å²) >= 11 is 0. The van der Waals surface area contributed by atoms with E-state index >= 15 is 0 Å². The molecule has 0 unspecified atom stereocenters. The molecule has 0 N–H and O–H groups in total. The third-order valence-electron chi connectivity index (χ3n) is 4.53. The highest BCUT2D eigenvalue weighted by Crippen LogP contribution is 2.37. The molecule has 112 valence electrons. The predicted molar refractivity (Wildman–Crippen MR) is 81.1 cm³/mol. The van der Waals surface area contributed by atoms with Gasteiger partial charge in [0.15, 0.2) is 0 Å². The standard InChI is InChI=1S/C15H20BFN2O2/c1-6-19-12-10(8-7-9-11(12)17)13(18-19)16-20-14(2,3)15(4,5)21-16/h7-9H,6H2,1-5H3. The Hall–Kier alpha value is -1.40. The van der Waals surface area contributed by atoms with Gasteiger partial charge in [0, 0.05) is 11.9 Å². The molecule has 0 saturated carbocycles. The minimum atomic E-state index is -0.577. The van der Waals surface area contributed by atoms with Gasteiger partial charge < -0.3 is 9.31 Å². The van der Waals surface area contributed by atoms with Gasteiger partial charge in [-0.3, -0.25) is 4.68 Å². The van der Waals surface area contributed by atoms with Gasteiger partial charge in [-0.05, 0) is 40.7 Å². The number of para-hydroxylation sites is 1. The number of benzene rings is 1. The third kappa shape index (κ3) is 2.08. The van der Waals surface area contributed by atoms with Gasteiger partial charge in [0.25, 0.3) is 0 Å². The second kappa shape index (κ2) is 4.55. The summed E-state index contributed by atoms with van der Waals surface area (Å²) in [6.07, 6.45) is 0. The molecule has 1 aliphatic heterocycles. The summed E-state index contributed by atoms with van der Waals surface area (Å²) in [5, 5.41) is 5.25. The Kier molecular flexibility index (Phi) is 3.15. The zero-order chi connectivity index (χ0) is 15.4. The molecule has 0 atom stereocenters. The molecule has 4 nitrogen and oxygen atoms in total. The summed E-state index contributed by atoms with van der Waals surface area (Å²) < 4.78 is 27.8. The molecule has 6 heteroatoms. The molecule has 1 fully saturated rings. The average Bonchev–Trinajstić information content (AvgIpc) is 2.86. The van der Waals surface area contributed by atoms with E-state index in [9.17, 15) is 4.39 Å².